The Morgan fingerprint density at radius 2 is 2.00 bits per heavy atom. The van der Waals surface area contributed by atoms with Gasteiger partial charge in [-0.15, -0.1) is 0 Å². The zero-order valence-electron chi connectivity index (χ0n) is 14.8. The van der Waals surface area contributed by atoms with Crippen molar-refractivity contribution >= 4 is 23.2 Å². The lowest BCUT2D eigenvalue weighted by Gasteiger charge is -2.29. The minimum atomic E-state index is -0.327. The standard InChI is InChI=1S/C21H16FN3O3/c22-16-5-3-14(4-6-16)12-25-18-8-7-17(10-19(18)28-13-20(25)26)24-21(27)15-2-1-9-23-11-15/h1-11H,12-13H2,(H,24,27). The first-order valence-corrected chi connectivity index (χ1v) is 8.63. The van der Waals surface area contributed by atoms with Crippen molar-refractivity contribution < 1.29 is 18.7 Å². The summed E-state index contributed by atoms with van der Waals surface area (Å²) in [5.41, 5.74) is 2.38. The molecule has 1 aromatic heterocycles. The third-order valence-electron chi connectivity index (χ3n) is 4.34. The average Bonchev–Trinajstić information content (AvgIpc) is 2.72. The smallest absolute Gasteiger partial charge is 0.265 e. The predicted molar refractivity (Wildman–Crippen MR) is 102 cm³/mol. The van der Waals surface area contributed by atoms with Crippen molar-refractivity contribution in [2.75, 3.05) is 16.8 Å². The molecule has 6 nitrogen and oxygen atoms in total. The van der Waals surface area contributed by atoms with Gasteiger partial charge in [-0.3, -0.25) is 14.6 Å². The number of aromatic nitrogens is 1. The summed E-state index contributed by atoms with van der Waals surface area (Å²) in [5, 5.41) is 2.79. The van der Waals surface area contributed by atoms with Gasteiger partial charge in [0.1, 0.15) is 11.6 Å². The van der Waals surface area contributed by atoms with Gasteiger partial charge in [0.15, 0.2) is 6.61 Å². The molecule has 3 aromatic rings. The quantitative estimate of drug-likeness (QED) is 0.757. The second kappa shape index (κ2) is 7.48. The highest BCUT2D eigenvalue weighted by molar-refractivity contribution is 6.04. The maximum Gasteiger partial charge on any atom is 0.265 e. The number of carbonyl (C=O) groups excluding carboxylic acids is 2. The fourth-order valence-electron chi connectivity index (χ4n) is 2.93. The zero-order valence-corrected chi connectivity index (χ0v) is 14.8. The molecule has 0 radical (unpaired) electrons. The minimum absolute atomic E-state index is 0.103. The number of benzene rings is 2. The summed E-state index contributed by atoms with van der Waals surface area (Å²) in [6.07, 6.45) is 3.07. The number of rotatable bonds is 4. The number of halogens is 1. The highest BCUT2D eigenvalue weighted by Crippen LogP contribution is 2.35. The van der Waals surface area contributed by atoms with E-state index in [4.69, 9.17) is 4.74 Å². The number of fused-ring (bicyclic) bond motifs is 1. The van der Waals surface area contributed by atoms with Gasteiger partial charge in [0.2, 0.25) is 0 Å². The summed E-state index contributed by atoms with van der Waals surface area (Å²) in [5.74, 6) is -0.316. The van der Waals surface area contributed by atoms with E-state index in [1.807, 2.05) is 0 Å². The molecule has 1 N–H and O–H groups in total. The van der Waals surface area contributed by atoms with Crippen LogP contribution in [0.15, 0.2) is 67.0 Å². The highest BCUT2D eigenvalue weighted by atomic mass is 19.1. The van der Waals surface area contributed by atoms with Crippen molar-refractivity contribution in [2.24, 2.45) is 0 Å². The maximum absolute atomic E-state index is 13.1. The summed E-state index contributed by atoms with van der Waals surface area (Å²) in [6, 6.07) is 14.4. The Morgan fingerprint density at radius 1 is 1.18 bits per heavy atom. The Bertz CT molecular complexity index is 1020. The molecule has 2 aromatic carbocycles. The fraction of sp³-hybridized carbons (Fsp3) is 0.0952. The molecule has 0 saturated heterocycles. The summed E-state index contributed by atoms with van der Waals surface area (Å²) >= 11 is 0. The number of nitrogens with one attached hydrogen (secondary N) is 1. The molecule has 0 spiro atoms. The van der Waals surface area contributed by atoms with Gasteiger partial charge in [-0.1, -0.05) is 12.1 Å². The van der Waals surface area contributed by atoms with Crippen LogP contribution in [0.25, 0.3) is 0 Å². The van der Waals surface area contributed by atoms with E-state index in [0.717, 1.165) is 5.56 Å². The lowest BCUT2D eigenvalue weighted by atomic mass is 10.1. The highest BCUT2D eigenvalue weighted by Gasteiger charge is 2.26. The molecular formula is C21H16FN3O3. The van der Waals surface area contributed by atoms with Crippen molar-refractivity contribution in [3.63, 3.8) is 0 Å². The summed E-state index contributed by atoms with van der Waals surface area (Å²) in [6.45, 7) is 0.199. The van der Waals surface area contributed by atoms with E-state index in [-0.39, 0.29) is 24.2 Å². The van der Waals surface area contributed by atoms with E-state index in [0.29, 0.717) is 29.2 Å². The summed E-state index contributed by atoms with van der Waals surface area (Å²) in [4.78, 5) is 30.1. The number of hydrogen-bond acceptors (Lipinski definition) is 4. The van der Waals surface area contributed by atoms with Crippen LogP contribution in [0.4, 0.5) is 15.8 Å². The predicted octanol–water partition coefficient (Wildman–Crippen LogP) is 3.40. The van der Waals surface area contributed by atoms with Crippen molar-refractivity contribution in [3.8, 4) is 5.75 Å². The van der Waals surface area contributed by atoms with Gasteiger partial charge in [-0.2, -0.15) is 0 Å². The van der Waals surface area contributed by atoms with E-state index in [9.17, 15) is 14.0 Å². The normalized spacial score (nSPS) is 12.9. The third-order valence-corrected chi connectivity index (χ3v) is 4.34. The van der Waals surface area contributed by atoms with Crippen LogP contribution in [0.1, 0.15) is 15.9 Å². The van der Waals surface area contributed by atoms with Crippen LogP contribution in [-0.2, 0) is 11.3 Å². The van der Waals surface area contributed by atoms with Crippen LogP contribution in [0.5, 0.6) is 5.75 Å². The molecule has 0 saturated carbocycles. The van der Waals surface area contributed by atoms with Crippen LogP contribution < -0.4 is 15.0 Å². The van der Waals surface area contributed by atoms with Crippen molar-refractivity contribution in [1.82, 2.24) is 4.98 Å². The van der Waals surface area contributed by atoms with E-state index >= 15 is 0 Å². The van der Waals surface area contributed by atoms with E-state index < -0.39 is 0 Å². The molecule has 4 rings (SSSR count). The molecular weight excluding hydrogens is 361 g/mol. The number of nitrogens with zero attached hydrogens (tertiary/aromatic N) is 2. The molecule has 1 aliphatic heterocycles. The van der Waals surface area contributed by atoms with Crippen LogP contribution in [-0.4, -0.2) is 23.4 Å². The molecule has 0 unspecified atom stereocenters. The number of ether oxygens (including phenoxy) is 1. The SMILES string of the molecule is O=C(Nc1ccc2c(c1)OCC(=O)N2Cc1ccc(F)cc1)c1cccnc1. The fourth-order valence-corrected chi connectivity index (χ4v) is 2.93. The number of hydrogen-bond donors (Lipinski definition) is 1. The van der Waals surface area contributed by atoms with Crippen LogP contribution in [0.3, 0.4) is 0 Å². The second-order valence-electron chi connectivity index (χ2n) is 6.27. The largest absolute Gasteiger partial charge is 0.481 e. The van der Waals surface area contributed by atoms with E-state index in [1.165, 1.54) is 18.3 Å². The topological polar surface area (TPSA) is 71.5 Å². The van der Waals surface area contributed by atoms with Crippen molar-refractivity contribution in [1.29, 1.82) is 0 Å². The number of anilines is 2. The lowest BCUT2D eigenvalue weighted by Crippen LogP contribution is -2.38. The molecule has 2 heterocycles. The van der Waals surface area contributed by atoms with Gasteiger partial charge >= 0.3 is 0 Å². The molecule has 140 valence electrons. The Labute approximate surface area is 160 Å². The lowest BCUT2D eigenvalue weighted by molar-refractivity contribution is -0.121. The minimum Gasteiger partial charge on any atom is -0.481 e. The molecule has 2 amide bonds. The molecule has 0 fully saturated rings. The van der Waals surface area contributed by atoms with Gasteiger partial charge in [-0.05, 0) is 42.0 Å². The Morgan fingerprint density at radius 3 is 2.75 bits per heavy atom. The first-order valence-electron chi connectivity index (χ1n) is 8.63. The van der Waals surface area contributed by atoms with E-state index in [1.54, 1.807) is 53.6 Å². The van der Waals surface area contributed by atoms with Gasteiger partial charge in [0.25, 0.3) is 11.8 Å². The third kappa shape index (κ3) is 3.68. The van der Waals surface area contributed by atoms with Gasteiger partial charge in [-0.25, -0.2) is 4.39 Å². The Kier molecular flexibility index (Phi) is 4.72. The number of carbonyl (C=O) groups is 2. The van der Waals surface area contributed by atoms with E-state index in [2.05, 4.69) is 10.3 Å². The van der Waals surface area contributed by atoms with Crippen molar-refractivity contribution in [3.05, 3.63) is 83.9 Å². The molecule has 1 aliphatic rings. The zero-order chi connectivity index (χ0) is 19.5. The molecule has 0 atom stereocenters. The van der Waals surface area contributed by atoms with Gasteiger partial charge in [0.05, 0.1) is 17.8 Å². The second-order valence-corrected chi connectivity index (χ2v) is 6.27. The van der Waals surface area contributed by atoms with Crippen LogP contribution >= 0.6 is 0 Å². The first kappa shape index (κ1) is 17.7. The first-order chi connectivity index (χ1) is 13.6. The van der Waals surface area contributed by atoms with Crippen LogP contribution in [0, 0.1) is 5.82 Å². The van der Waals surface area contributed by atoms with Gasteiger partial charge in [0, 0.05) is 24.1 Å². The molecule has 28 heavy (non-hydrogen) atoms. The van der Waals surface area contributed by atoms with Crippen LogP contribution in [0.2, 0.25) is 0 Å². The molecule has 7 heteroatoms. The Balaban J connectivity index is 1.55. The number of pyridine rings is 1. The monoisotopic (exact) mass is 377 g/mol. The van der Waals surface area contributed by atoms with Crippen molar-refractivity contribution in [2.45, 2.75) is 6.54 Å². The molecule has 0 aliphatic carbocycles. The molecule has 0 bridgehead atoms. The summed E-state index contributed by atoms with van der Waals surface area (Å²) < 4.78 is 18.6. The number of amides is 2. The summed E-state index contributed by atoms with van der Waals surface area (Å²) in [7, 11) is 0. The Hall–Kier alpha value is -3.74. The van der Waals surface area contributed by atoms with Gasteiger partial charge < -0.3 is 15.0 Å². The maximum atomic E-state index is 13.1. The average molecular weight is 377 g/mol.